The third-order valence-electron chi connectivity index (χ3n) is 4.49. The summed E-state index contributed by atoms with van der Waals surface area (Å²) in [6.45, 7) is 1.57. The molecule has 0 aliphatic carbocycles. The van der Waals surface area contributed by atoms with Crippen LogP contribution >= 0.6 is 12.4 Å². The molecule has 28 heavy (non-hydrogen) atoms. The smallest absolute Gasteiger partial charge is 0.119 e. The van der Waals surface area contributed by atoms with Gasteiger partial charge in [-0.05, 0) is 61.1 Å². The first-order chi connectivity index (χ1) is 13.2. The molecular weight excluding hydrogens is 372 g/mol. The maximum absolute atomic E-state index is 5.82. The molecule has 5 heteroatoms. The van der Waals surface area contributed by atoms with Gasteiger partial charge in [-0.1, -0.05) is 30.3 Å². The molecule has 0 spiro atoms. The van der Waals surface area contributed by atoms with Crippen LogP contribution in [0.25, 0.3) is 0 Å². The Bertz CT molecular complexity index is 821. The fraction of sp³-hybridized carbons (Fsp3) is 0.261. The fourth-order valence-corrected chi connectivity index (χ4v) is 3.02. The minimum Gasteiger partial charge on any atom is -0.497 e. The zero-order valence-corrected chi connectivity index (χ0v) is 17.4. The maximum atomic E-state index is 5.82. The highest BCUT2D eigenvalue weighted by molar-refractivity contribution is 5.85. The topological polar surface area (TPSA) is 34.6 Å². The van der Waals surface area contributed by atoms with Crippen LogP contribution < -0.4 is 9.47 Å². The van der Waals surface area contributed by atoms with E-state index in [0.717, 1.165) is 23.6 Å². The summed E-state index contributed by atoms with van der Waals surface area (Å²) in [5.74, 6) is 1.86. The van der Waals surface area contributed by atoms with Gasteiger partial charge in [-0.25, -0.2) is 0 Å². The van der Waals surface area contributed by atoms with Crippen LogP contribution in [0.1, 0.15) is 22.6 Å². The number of ether oxygens (including phenoxy) is 2. The molecule has 0 amide bonds. The lowest BCUT2D eigenvalue weighted by atomic mass is 9.86. The Labute approximate surface area is 173 Å². The van der Waals surface area contributed by atoms with Gasteiger partial charge in [0.05, 0.1) is 7.11 Å². The summed E-state index contributed by atoms with van der Waals surface area (Å²) in [4.78, 5) is 6.42. The standard InChI is InChI=1S/C23H26N2O2.ClH/c1-25(2)15-16-27-22-12-8-19(9-13-22)23(20-5-4-14-24-17-20)18-6-10-21(26-3)11-7-18;/h4-14,17,23H,15-16H2,1-3H3;1H. The van der Waals surface area contributed by atoms with Crippen molar-refractivity contribution in [2.24, 2.45) is 0 Å². The van der Waals surface area contributed by atoms with Crippen molar-refractivity contribution in [3.8, 4) is 11.5 Å². The van der Waals surface area contributed by atoms with E-state index < -0.39 is 0 Å². The molecule has 0 fully saturated rings. The third kappa shape index (κ3) is 5.72. The Kier molecular flexibility index (Phi) is 8.30. The van der Waals surface area contributed by atoms with Crippen molar-refractivity contribution in [1.82, 2.24) is 9.88 Å². The average molecular weight is 399 g/mol. The van der Waals surface area contributed by atoms with E-state index in [-0.39, 0.29) is 18.3 Å². The van der Waals surface area contributed by atoms with Gasteiger partial charge < -0.3 is 14.4 Å². The van der Waals surface area contributed by atoms with Crippen molar-refractivity contribution in [3.63, 3.8) is 0 Å². The molecule has 0 N–H and O–H groups in total. The van der Waals surface area contributed by atoms with Crippen LogP contribution in [-0.4, -0.2) is 44.2 Å². The first kappa shape index (κ1) is 21.7. The quantitative estimate of drug-likeness (QED) is 0.554. The number of likely N-dealkylation sites (N-methyl/N-ethyl adjacent to an activating group) is 1. The maximum Gasteiger partial charge on any atom is 0.119 e. The predicted molar refractivity (Wildman–Crippen MR) is 116 cm³/mol. The zero-order valence-electron chi connectivity index (χ0n) is 16.5. The molecule has 1 heterocycles. The third-order valence-corrected chi connectivity index (χ3v) is 4.49. The van der Waals surface area contributed by atoms with Crippen LogP contribution in [-0.2, 0) is 0 Å². The van der Waals surface area contributed by atoms with E-state index in [2.05, 4.69) is 40.2 Å². The summed E-state index contributed by atoms with van der Waals surface area (Å²) in [6.07, 6.45) is 3.73. The Hall–Kier alpha value is -2.56. The van der Waals surface area contributed by atoms with Crippen LogP contribution in [0.5, 0.6) is 11.5 Å². The van der Waals surface area contributed by atoms with Gasteiger partial charge in [0.2, 0.25) is 0 Å². The van der Waals surface area contributed by atoms with Gasteiger partial charge in [-0.3, -0.25) is 4.98 Å². The van der Waals surface area contributed by atoms with Crippen molar-refractivity contribution in [2.75, 3.05) is 34.4 Å². The van der Waals surface area contributed by atoms with E-state index in [1.54, 1.807) is 13.3 Å². The monoisotopic (exact) mass is 398 g/mol. The molecule has 4 nitrogen and oxygen atoms in total. The minimum absolute atomic E-state index is 0. The summed E-state index contributed by atoms with van der Waals surface area (Å²) in [5, 5.41) is 0. The number of halogens is 1. The molecule has 148 valence electrons. The lowest BCUT2D eigenvalue weighted by Crippen LogP contribution is -2.19. The summed E-state index contributed by atoms with van der Waals surface area (Å²) in [7, 11) is 5.77. The van der Waals surface area contributed by atoms with Gasteiger partial charge in [0.1, 0.15) is 18.1 Å². The first-order valence-electron chi connectivity index (χ1n) is 9.09. The molecule has 1 atom stereocenters. The summed E-state index contributed by atoms with van der Waals surface area (Å²) >= 11 is 0. The second kappa shape index (κ2) is 10.7. The summed E-state index contributed by atoms with van der Waals surface area (Å²) in [6, 6.07) is 20.6. The van der Waals surface area contributed by atoms with Gasteiger partial charge in [0.15, 0.2) is 0 Å². The number of nitrogens with zero attached hydrogens (tertiary/aromatic N) is 2. The second-order valence-electron chi connectivity index (χ2n) is 6.71. The molecule has 0 aliphatic rings. The van der Waals surface area contributed by atoms with Crippen molar-refractivity contribution < 1.29 is 9.47 Å². The molecule has 2 aromatic carbocycles. The van der Waals surface area contributed by atoms with Crippen LogP contribution in [0, 0.1) is 0 Å². The van der Waals surface area contributed by atoms with Crippen LogP contribution in [0.2, 0.25) is 0 Å². The van der Waals surface area contributed by atoms with E-state index in [1.807, 2.05) is 50.6 Å². The molecule has 0 saturated carbocycles. The zero-order chi connectivity index (χ0) is 19.1. The summed E-state index contributed by atoms with van der Waals surface area (Å²) in [5.41, 5.74) is 3.56. The number of methoxy groups -OCH3 is 1. The second-order valence-corrected chi connectivity index (χ2v) is 6.71. The molecule has 0 radical (unpaired) electrons. The molecule has 1 unspecified atom stereocenters. The molecule has 0 saturated heterocycles. The molecule has 1 aromatic heterocycles. The van der Waals surface area contributed by atoms with Crippen molar-refractivity contribution in [3.05, 3.63) is 89.7 Å². The Morgan fingerprint density at radius 1 is 0.857 bits per heavy atom. The molecule has 3 rings (SSSR count). The molecule has 0 bridgehead atoms. The highest BCUT2D eigenvalue weighted by Crippen LogP contribution is 2.33. The van der Waals surface area contributed by atoms with Gasteiger partial charge >= 0.3 is 0 Å². The average Bonchev–Trinajstić information content (AvgIpc) is 2.70. The Morgan fingerprint density at radius 2 is 1.46 bits per heavy atom. The van der Waals surface area contributed by atoms with Crippen LogP contribution in [0.15, 0.2) is 73.1 Å². The Morgan fingerprint density at radius 3 is 1.96 bits per heavy atom. The van der Waals surface area contributed by atoms with Crippen LogP contribution in [0.3, 0.4) is 0 Å². The van der Waals surface area contributed by atoms with Crippen molar-refractivity contribution in [1.29, 1.82) is 0 Å². The van der Waals surface area contributed by atoms with E-state index in [9.17, 15) is 0 Å². The van der Waals surface area contributed by atoms with Gasteiger partial charge in [0.25, 0.3) is 0 Å². The molecule has 0 aliphatic heterocycles. The largest absolute Gasteiger partial charge is 0.497 e. The summed E-state index contributed by atoms with van der Waals surface area (Å²) < 4.78 is 11.1. The van der Waals surface area contributed by atoms with Gasteiger partial charge in [-0.2, -0.15) is 0 Å². The van der Waals surface area contributed by atoms with E-state index in [0.29, 0.717) is 6.61 Å². The molecule has 3 aromatic rings. The van der Waals surface area contributed by atoms with Gasteiger partial charge in [-0.15, -0.1) is 12.4 Å². The Balaban J connectivity index is 0.00000280. The van der Waals surface area contributed by atoms with E-state index in [4.69, 9.17) is 9.47 Å². The van der Waals surface area contributed by atoms with Gasteiger partial charge in [0, 0.05) is 24.9 Å². The predicted octanol–water partition coefficient (Wildman–Crippen LogP) is 4.63. The minimum atomic E-state index is 0. The molecular formula is C23H27ClN2O2. The highest BCUT2D eigenvalue weighted by atomic mass is 35.5. The number of rotatable bonds is 8. The van der Waals surface area contributed by atoms with E-state index in [1.165, 1.54) is 11.1 Å². The number of benzene rings is 2. The van der Waals surface area contributed by atoms with Crippen molar-refractivity contribution in [2.45, 2.75) is 5.92 Å². The van der Waals surface area contributed by atoms with E-state index >= 15 is 0 Å². The first-order valence-corrected chi connectivity index (χ1v) is 9.09. The fourth-order valence-electron chi connectivity index (χ4n) is 3.02. The number of hydrogen-bond acceptors (Lipinski definition) is 4. The highest BCUT2D eigenvalue weighted by Gasteiger charge is 2.17. The van der Waals surface area contributed by atoms with Crippen LogP contribution in [0.4, 0.5) is 0 Å². The number of aromatic nitrogens is 1. The SMILES string of the molecule is COc1ccc(C(c2ccc(OCCN(C)C)cc2)c2cccnc2)cc1.Cl. The normalized spacial score (nSPS) is 11.6. The number of pyridine rings is 1. The lowest BCUT2D eigenvalue weighted by Gasteiger charge is -2.19. The van der Waals surface area contributed by atoms with Crippen molar-refractivity contribution >= 4 is 12.4 Å². The number of hydrogen-bond donors (Lipinski definition) is 0. The lowest BCUT2D eigenvalue weighted by molar-refractivity contribution is 0.261.